The molecule has 27 heavy (non-hydrogen) atoms. The van der Waals surface area contributed by atoms with Gasteiger partial charge in [0, 0.05) is 23.9 Å². The molecule has 1 aromatic rings. The van der Waals surface area contributed by atoms with Crippen LogP contribution in [0.1, 0.15) is 39.3 Å². The molecule has 0 saturated carbocycles. The zero-order valence-corrected chi connectivity index (χ0v) is 17.2. The van der Waals surface area contributed by atoms with Gasteiger partial charge in [0.05, 0.1) is 6.54 Å². The van der Waals surface area contributed by atoms with Crippen LogP contribution in [0.25, 0.3) is 0 Å². The van der Waals surface area contributed by atoms with E-state index >= 15 is 0 Å². The summed E-state index contributed by atoms with van der Waals surface area (Å²) in [4.78, 5) is 28.0. The summed E-state index contributed by atoms with van der Waals surface area (Å²) in [5, 5.41) is 6.61. The summed E-state index contributed by atoms with van der Waals surface area (Å²) < 4.78 is 4.55. The molecule has 2 rings (SSSR count). The lowest BCUT2D eigenvalue weighted by Gasteiger charge is -2.38. The molecule has 0 radical (unpaired) electrons. The number of rotatable bonds is 6. The molecule has 1 saturated heterocycles. The van der Waals surface area contributed by atoms with Crippen LogP contribution in [0.15, 0.2) is 24.4 Å². The molecular formula is C20H34N4O3. The Kier molecular flexibility index (Phi) is 9.38. The average molecular weight is 379 g/mol. The van der Waals surface area contributed by atoms with Crippen molar-refractivity contribution in [3.8, 4) is 0 Å². The molecule has 7 heteroatoms. The van der Waals surface area contributed by atoms with E-state index in [1.54, 1.807) is 0 Å². The number of carbonyl (C=O) groups is 2. The van der Waals surface area contributed by atoms with E-state index in [4.69, 9.17) is 0 Å². The number of pyridine rings is 1. The fourth-order valence-corrected chi connectivity index (χ4v) is 2.87. The van der Waals surface area contributed by atoms with Crippen molar-refractivity contribution in [1.82, 2.24) is 20.5 Å². The lowest BCUT2D eigenvalue weighted by Crippen LogP contribution is -2.57. The second-order valence-electron chi connectivity index (χ2n) is 8.14. The van der Waals surface area contributed by atoms with Crippen LogP contribution in [0, 0.1) is 0 Å². The van der Waals surface area contributed by atoms with Gasteiger partial charge in [-0.1, -0.05) is 6.07 Å². The maximum Gasteiger partial charge on any atom is 0.293 e. The maximum atomic E-state index is 12.1. The quantitative estimate of drug-likeness (QED) is 0.728. The molecule has 2 heterocycles. The minimum absolute atomic E-state index is 0.0906. The number of hydrogen-bond acceptors (Lipinski definition) is 6. The monoisotopic (exact) mass is 378 g/mol. The first-order valence-corrected chi connectivity index (χ1v) is 9.34. The molecule has 0 aromatic carbocycles. The first-order chi connectivity index (χ1) is 12.7. The second-order valence-corrected chi connectivity index (χ2v) is 8.14. The summed E-state index contributed by atoms with van der Waals surface area (Å²) in [7, 11) is 3.82. The normalized spacial score (nSPS) is 16.1. The van der Waals surface area contributed by atoms with Crippen LogP contribution < -0.4 is 10.6 Å². The summed E-state index contributed by atoms with van der Waals surface area (Å²) in [6, 6.07) is 5.95. The Morgan fingerprint density at radius 1 is 1.33 bits per heavy atom. The van der Waals surface area contributed by atoms with Gasteiger partial charge in [-0.25, -0.2) is 0 Å². The van der Waals surface area contributed by atoms with Gasteiger partial charge in [-0.2, -0.15) is 0 Å². The van der Waals surface area contributed by atoms with Crippen LogP contribution in [-0.4, -0.2) is 67.1 Å². The third-order valence-corrected chi connectivity index (χ3v) is 4.07. The third kappa shape index (κ3) is 10.1. The molecular weight excluding hydrogens is 344 g/mol. The highest BCUT2D eigenvalue weighted by atomic mass is 16.5. The van der Waals surface area contributed by atoms with E-state index in [9.17, 15) is 9.59 Å². The third-order valence-electron chi connectivity index (χ3n) is 4.07. The van der Waals surface area contributed by atoms with E-state index in [-0.39, 0.29) is 17.0 Å². The molecule has 2 N–H and O–H groups in total. The second kappa shape index (κ2) is 11.0. The van der Waals surface area contributed by atoms with Crippen molar-refractivity contribution in [1.29, 1.82) is 0 Å². The Morgan fingerprint density at radius 2 is 2.00 bits per heavy atom. The Labute approximate surface area is 162 Å². The minimum Gasteiger partial charge on any atom is -0.462 e. The van der Waals surface area contributed by atoms with E-state index in [1.165, 1.54) is 0 Å². The van der Waals surface area contributed by atoms with Crippen molar-refractivity contribution in [2.45, 2.75) is 51.2 Å². The van der Waals surface area contributed by atoms with Gasteiger partial charge in [0.15, 0.2) is 0 Å². The first kappa shape index (κ1) is 23.0. The fraction of sp³-hybridized carbons (Fsp3) is 0.650. The highest BCUT2D eigenvalue weighted by Crippen LogP contribution is 2.22. The maximum absolute atomic E-state index is 12.1. The number of ether oxygens (including phenoxy) is 1. The summed E-state index contributed by atoms with van der Waals surface area (Å²) >= 11 is 0. The van der Waals surface area contributed by atoms with Gasteiger partial charge in [-0.15, -0.1) is 0 Å². The van der Waals surface area contributed by atoms with Crippen molar-refractivity contribution in [3.05, 3.63) is 30.1 Å². The number of nitrogens with one attached hydrogen (secondary N) is 2. The molecule has 152 valence electrons. The standard InChI is InChI=1S/C15H24N4O.C5H10O2/c1-19(2)12-14(20)18-15(6-9-16-10-7-15)11-13-5-3-4-8-17-13;1-5(2,3)7-4-6/h3-5,8,16H,6-7,9-12H2,1-2H3,(H,18,20);4H,1-3H3. The molecule has 0 atom stereocenters. The zero-order chi connectivity index (χ0) is 20.3. The van der Waals surface area contributed by atoms with Crippen LogP contribution >= 0.6 is 0 Å². The number of carbonyl (C=O) groups excluding carboxylic acids is 2. The molecule has 7 nitrogen and oxygen atoms in total. The van der Waals surface area contributed by atoms with Crippen molar-refractivity contribution in [2.75, 3.05) is 33.7 Å². The van der Waals surface area contributed by atoms with Gasteiger partial charge in [-0.05, 0) is 72.9 Å². The summed E-state index contributed by atoms with van der Waals surface area (Å²) in [5.74, 6) is 0.0906. The predicted octanol–water partition coefficient (Wildman–Crippen LogP) is 1.38. The van der Waals surface area contributed by atoms with Gasteiger partial charge >= 0.3 is 0 Å². The first-order valence-electron chi connectivity index (χ1n) is 9.34. The fourth-order valence-electron chi connectivity index (χ4n) is 2.87. The molecule has 0 spiro atoms. The van der Waals surface area contributed by atoms with Crippen LogP contribution in [0.4, 0.5) is 0 Å². The highest BCUT2D eigenvalue weighted by molar-refractivity contribution is 5.78. The van der Waals surface area contributed by atoms with E-state index < -0.39 is 0 Å². The number of piperidine rings is 1. The van der Waals surface area contributed by atoms with Gasteiger partial charge < -0.3 is 20.3 Å². The smallest absolute Gasteiger partial charge is 0.293 e. The van der Waals surface area contributed by atoms with E-state index in [0.29, 0.717) is 13.0 Å². The molecule has 1 amide bonds. The average Bonchev–Trinajstić information content (AvgIpc) is 2.55. The predicted molar refractivity (Wildman–Crippen MR) is 106 cm³/mol. The summed E-state index contributed by atoms with van der Waals surface area (Å²) in [6.07, 6.45) is 4.51. The Hall–Kier alpha value is -1.99. The lowest BCUT2D eigenvalue weighted by molar-refractivity contribution is -0.138. The van der Waals surface area contributed by atoms with Crippen molar-refractivity contribution in [3.63, 3.8) is 0 Å². The van der Waals surface area contributed by atoms with Gasteiger partial charge in [-0.3, -0.25) is 14.6 Å². The van der Waals surface area contributed by atoms with Gasteiger partial charge in [0.1, 0.15) is 5.60 Å². The molecule has 1 aromatic heterocycles. The molecule has 1 aliphatic rings. The number of likely N-dealkylation sites (N-methyl/N-ethyl adjacent to an activating group) is 1. The Balaban J connectivity index is 0.000000445. The molecule has 0 unspecified atom stereocenters. The van der Waals surface area contributed by atoms with E-state index in [2.05, 4.69) is 20.4 Å². The topological polar surface area (TPSA) is 83.6 Å². The number of hydrogen-bond donors (Lipinski definition) is 2. The van der Waals surface area contributed by atoms with Crippen LogP contribution in [0.5, 0.6) is 0 Å². The lowest BCUT2D eigenvalue weighted by atomic mass is 9.83. The molecule has 0 aliphatic carbocycles. The molecule has 1 aliphatic heterocycles. The van der Waals surface area contributed by atoms with E-state index in [0.717, 1.165) is 38.0 Å². The van der Waals surface area contributed by atoms with Crippen molar-refractivity contribution < 1.29 is 14.3 Å². The van der Waals surface area contributed by atoms with Crippen LogP contribution in [0.2, 0.25) is 0 Å². The van der Waals surface area contributed by atoms with E-state index in [1.807, 2.05) is 64.2 Å². The van der Waals surface area contributed by atoms with Crippen molar-refractivity contribution in [2.24, 2.45) is 0 Å². The Bertz CT molecular complexity index is 564. The largest absolute Gasteiger partial charge is 0.462 e. The summed E-state index contributed by atoms with van der Waals surface area (Å²) in [5.41, 5.74) is 0.564. The van der Waals surface area contributed by atoms with Crippen LogP contribution in [-0.2, 0) is 20.7 Å². The highest BCUT2D eigenvalue weighted by Gasteiger charge is 2.34. The molecule has 1 fully saturated rings. The number of nitrogens with zero attached hydrogens (tertiary/aromatic N) is 2. The van der Waals surface area contributed by atoms with Gasteiger partial charge in [0.2, 0.25) is 5.91 Å². The van der Waals surface area contributed by atoms with Crippen LogP contribution in [0.3, 0.4) is 0 Å². The molecule has 0 bridgehead atoms. The number of aromatic nitrogens is 1. The minimum atomic E-state index is -0.318. The van der Waals surface area contributed by atoms with Crippen molar-refractivity contribution >= 4 is 12.4 Å². The summed E-state index contributed by atoms with van der Waals surface area (Å²) in [6.45, 7) is 8.23. The zero-order valence-electron chi connectivity index (χ0n) is 17.2. The Morgan fingerprint density at radius 3 is 2.44 bits per heavy atom. The number of amides is 1. The van der Waals surface area contributed by atoms with Gasteiger partial charge in [0.25, 0.3) is 6.47 Å². The SMILES string of the molecule is CC(C)(C)OC=O.CN(C)CC(=O)NC1(Cc2ccccn2)CCNCC1.